The summed E-state index contributed by atoms with van der Waals surface area (Å²) in [5, 5.41) is 7.50. The molecule has 0 spiro atoms. The first-order chi connectivity index (χ1) is 34.1. The van der Waals surface area contributed by atoms with Crippen LogP contribution in [-0.2, 0) is 5.41 Å². The molecule has 324 valence electrons. The van der Waals surface area contributed by atoms with Crippen LogP contribution in [0.2, 0.25) is 0 Å². The standard InChI is InChI=1S/C68H47N/c1-68(52-27-9-4-10-28-52)62-35-16-15-33-60(62)67-63(68)36-19-37-64(67)69(54-29-17-26-51(44-54)56-34-18-25-47-20-11-12-30-55(47)56)53-41-38-46(39-42-53)50-40-43-58-57-31-13-14-32-59(57)65(48-21-5-2-6-22-48)66(61(58)45-50)49-23-7-3-8-24-49/h2-45H,1H3. The molecule has 0 aromatic heterocycles. The van der Waals surface area contributed by atoms with Crippen molar-refractivity contribution in [3.63, 3.8) is 0 Å². The Morgan fingerprint density at radius 3 is 1.59 bits per heavy atom. The van der Waals surface area contributed by atoms with Gasteiger partial charge in [-0.05, 0) is 142 Å². The van der Waals surface area contributed by atoms with E-state index in [4.69, 9.17) is 0 Å². The third-order valence-corrected chi connectivity index (χ3v) is 14.7. The van der Waals surface area contributed by atoms with Crippen molar-refractivity contribution in [3.05, 3.63) is 284 Å². The molecule has 1 aliphatic rings. The molecule has 1 heteroatoms. The van der Waals surface area contributed by atoms with Crippen molar-refractivity contribution in [2.75, 3.05) is 4.90 Å². The van der Waals surface area contributed by atoms with Crippen LogP contribution in [0.5, 0.6) is 0 Å². The SMILES string of the molecule is CC1(c2ccccc2)c2ccccc2-c2c(N(c3ccc(-c4ccc5c(c4)c(-c4ccccc4)c(-c4ccccc4)c4ccccc45)cc3)c3cccc(-c4cccc5ccccc45)c3)cccc21. The van der Waals surface area contributed by atoms with E-state index < -0.39 is 0 Å². The lowest BCUT2D eigenvalue weighted by molar-refractivity contribution is 0.714. The number of rotatable bonds is 8. The van der Waals surface area contributed by atoms with Crippen molar-refractivity contribution < 1.29 is 0 Å². The third-order valence-electron chi connectivity index (χ3n) is 14.7. The van der Waals surface area contributed by atoms with Gasteiger partial charge in [0.15, 0.2) is 0 Å². The summed E-state index contributed by atoms with van der Waals surface area (Å²) in [5.41, 5.74) is 19.2. The Labute approximate surface area is 403 Å². The van der Waals surface area contributed by atoms with Gasteiger partial charge in [0.1, 0.15) is 0 Å². The number of hydrogen-bond donors (Lipinski definition) is 0. The van der Waals surface area contributed by atoms with E-state index in [0.29, 0.717) is 0 Å². The van der Waals surface area contributed by atoms with Gasteiger partial charge in [0.2, 0.25) is 0 Å². The molecular weight excluding hydrogens is 831 g/mol. The first-order valence-corrected chi connectivity index (χ1v) is 24.0. The second-order valence-electron chi connectivity index (χ2n) is 18.5. The summed E-state index contributed by atoms with van der Waals surface area (Å²) in [5.74, 6) is 0. The molecule has 69 heavy (non-hydrogen) atoms. The quantitative estimate of drug-likeness (QED) is 0.138. The zero-order chi connectivity index (χ0) is 45.9. The Bertz CT molecular complexity index is 3890. The van der Waals surface area contributed by atoms with E-state index in [1.165, 1.54) is 105 Å². The lowest BCUT2D eigenvalue weighted by Gasteiger charge is -2.31. The van der Waals surface area contributed by atoms with Crippen molar-refractivity contribution >= 4 is 49.4 Å². The van der Waals surface area contributed by atoms with Crippen LogP contribution in [0.4, 0.5) is 17.1 Å². The first-order valence-electron chi connectivity index (χ1n) is 24.0. The van der Waals surface area contributed by atoms with E-state index in [1.807, 2.05) is 0 Å². The molecule has 0 N–H and O–H groups in total. The highest BCUT2D eigenvalue weighted by atomic mass is 15.1. The molecule has 1 aliphatic carbocycles. The molecule has 12 aromatic rings. The van der Waals surface area contributed by atoms with Gasteiger partial charge in [-0.2, -0.15) is 0 Å². The predicted molar refractivity (Wildman–Crippen MR) is 293 cm³/mol. The lowest BCUT2D eigenvalue weighted by atomic mass is 9.74. The topological polar surface area (TPSA) is 3.24 Å². The minimum Gasteiger partial charge on any atom is -0.310 e. The van der Waals surface area contributed by atoms with Crippen molar-refractivity contribution in [1.82, 2.24) is 0 Å². The molecule has 13 rings (SSSR count). The smallest absolute Gasteiger partial charge is 0.0543 e. The largest absolute Gasteiger partial charge is 0.310 e. The normalized spacial score (nSPS) is 13.9. The molecule has 1 nitrogen and oxygen atoms in total. The van der Waals surface area contributed by atoms with Crippen LogP contribution >= 0.6 is 0 Å². The van der Waals surface area contributed by atoms with Gasteiger partial charge in [-0.25, -0.2) is 0 Å². The van der Waals surface area contributed by atoms with Gasteiger partial charge in [0.05, 0.1) is 5.69 Å². The van der Waals surface area contributed by atoms with Gasteiger partial charge < -0.3 is 4.90 Å². The second kappa shape index (κ2) is 16.5. The molecule has 1 atom stereocenters. The van der Waals surface area contributed by atoms with E-state index in [2.05, 4.69) is 279 Å². The van der Waals surface area contributed by atoms with Crippen LogP contribution in [0, 0.1) is 0 Å². The fourth-order valence-electron chi connectivity index (χ4n) is 11.5. The Morgan fingerprint density at radius 2 is 0.826 bits per heavy atom. The Hall–Kier alpha value is -8.78. The van der Waals surface area contributed by atoms with Gasteiger partial charge in [-0.1, -0.05) is 231 Å². The fraction of sp³-hybridized carbons (Fsp3) is 0.0294. The average molecular weight is 878 g/mol. The molecule has 0 radical (unpaired) electrons. The van der Waals surface area contributed by atoms with Crippen LogP contribution in [-0.4, -0.2) is 0 Å². The summed E-state index contributed by atoms with van der Waals surface area (Å²) in [6.07, 6.45) is 0. The molecule has 1 unspecified atom stereocenters. The van der Waals surface area contributed by atoms with Crippen molar-refractivity contribution in [3.8, 4) is 55.6 Å². The maximum atomic E-state index is 2.48. The van der Waals surface area contributed by atoms with Gasteiger partial charge in [0.25, 0.3) is 0 Å². The summed E-state index contributed by atoms with van der Waals surface area (Å²) in [7, 11) is 0. The highest BCUT2D eigenvalue weighted by Crippen LogP contribution is 2.57. The molecule has 0 aliphatic heterocycles. The fourth-order valence-corrected chi connectivity index (χ4v) is 11.5. The number of fused-ring (bicyclic) bond motifs is 7. The van der Waals surface area contributed by atoms with Crippen molar-refractivity contribution in [2.45, 2.75) is 12.3 Å². The number of nitrogens with zero attached hydrogens (tertiary/aromatic N) is 1. The Kier molecular flexibility index (Phi) is 9.70. The minimum absolute atomic E-state index is 0.329. The first kappa shape index (κ1) is 40.5. The summed E-state index contributed by atoms with van der Waals surface area (Å²) in [6, 6.07) is 98.4. The minimum atomic E-state index is -0.329. The Balaban J connectivity index is 1.01. The van der Waals surface area contributed by atoms with Crippen LogP contribution in [0.25, 0.3) is 88.0 Å². The summed E-state index contributed by atoms with van der Waals surface area (Å²) >= 11 is 0. The number of anilines is 3. The Morgan fingerprint density at radius 1 is 0.290 bits per heavy atom. The molecule has 0 amide bonds. The van der Waals surface area contributed by atoms with Gasteiger partial charge in [-0.15, -0.1) is 0 Å². The molecule has 0 saturated carbocycles. The molecule has 0 saturated heterocycles. The van der Waals surface area contributed by atoms with E-state index in [9.17, 15) is 0 Å². The highest BCUT2D eigenvalue weighted by Gasteiger charge is 2.42. The second-order valence-corrected chi connectivity index (χ2v) is 18.5. The van der Waals surface area contributed by atoms with Crippen molar-refractivity contribution in [2.24, 2.45) is 0 Å². The molecular formula is C68H47N. The zero-order valence-corrected chi connectivity index (χ0v) is 38.4. The van der Waals surface area contributed by atoms with E-state index >= 15 is 0 Å². The summed E-state index contributed by atoms with van der Waals surface area (Å²) < 4.78 is 0. The third kappa shape index (κ3) is 6.61. The maximum Gasteiger partial charge on any atom is 0.0543 e. The predicted octanol–water partition coefficient (Wildman–Crippen LogP) is 18.6. The average Bonchev–Trinajstić information content (AvgIpc) is 3.70. The lowest BCUT2D eigenvalue weighted by Crippen LogP contribution is -2.22. The van der Waals surface area contributed by atoms with E-state index in [0.717, 1.165) is 17.1 Å². The van der Waals surface area contributed by atoms with Crippen LogP contribution in [0.3, 0.4) is 0 Å². The van der Waals surface area contributed by atoms with Gasteiger partial charge >= 0.3 is 0 Å². The van der Waals surface area contributed by atoms with Gasteiger partial charge in [0, 0.05) is 22.4 Å². The molecule has 0 bridgehead atoms. The van der Waals surface area contributed by atoms with E-state index in [-0.39, 0.29) is 5.41 Å². The molecule has 0 fully saturated rings. The van der Waals surface area contributed by atoms with Crippen LogP contribution < -0.4 is 4.90 Å². The molecule has 12 aromatic carbocycles. The van der Waals surface area contributed by atoms with Gasteiger partial charge in [-0.3, -0.25) is 0 Å². The monoisotopic (exact) mass is 877 g/mol. The maximum absolute atomic E-state index is 2.48. The highest BCUT2D eigenvalue weighted by molar-refractivity contribution is 6.22. The zero-order valence-electron chi connectivity index (χ0n) is 38.4. The summed E-state index contributed by atoms with van der Waals surface area (Å²) in [4.78, 5) is 2.48. The van der Waals surface area contributed by atoms with Crippen molar-refractivity contribution in [1.29, 1.82) is 0 Å². The number of benzene rings is 12. The van der Waals surface area contributed by atoms with Crippen LogP contribution in [0.1, 0.15) is 23.6 Å². The number of hydrogen-bond acceptors (Lipinski definition) is 1. The summed E-state index contributed by atoms with van der Waals surface area (Å²) in [6.45, 7) is 2.40. The molecule has 0 heterocycles. The van der Waals surface area contributed by atoms with Crippen LogP contribution in [0.15, 0.2) is 267 Å². The van der Waals surface area contributed by atoms with E-state index in [1.54, 1.807) is 0 Å².